The highest BCUT2D eigenvalue weighted by atomic mass is 16.2. The molecule has 0 aliphatic heterocycles. The summed E-state index contributed by atoms with van der Waals surface area (Å²) in [5.41, 5.74) is 6.58. The summed E-state index contributed by atoms with van der Waals surface area (Å²) in [6.07, 6.45) is 12.1. The third kappa shape index (κ3) is 2.73. The smallest absolute Gasteiger partial charge is 0.226 e. The Morgan fingerprint density at radius 3 is 2.13 bits per heavy atom. The largest absolute Gasteiger partial charge is 0.353 e. The fraction of sp³-hybridized carbons (Fsp3) is 0.950. The lowest BCUT2D eigenvalue weighted by Gasteiger charge is -2.64. The molecule has 23 heavy (non-hydrogen) atoms. The van der Waals surface area contributed by atoms with E-state index in [-0.39, 0.29) is 5.41 Å². The number of carbonyl (C=O) groups excluding carboxylic acids is 1. The van der Waals surface area contributed by atoms with Gasteiger partial charge in [-0.25, -0.2) is 0 Å². The van der Waals surface area contributed by atoms with Crippen LogP contribution in [0.15, 0.2) is 0 Å². The van der Waals surface area contributed by atoms with Crippen molar-refractivity contribution in [1.29, 1.82) is 0 Å². The SMILES string of the molecule is C[C@]12CC3CC(C(=O)N[C@H]4CC[C@H](CN)CC4)(C1)C[C@@](C)(C3)C2. The number of rotatable bonds is 3. The van der Waals surface area contributed by atoms with Crippen molar-refractivity contribution in [3.63, 3.8) is 0 Å². The quantitative estimate of drug-likeness (QED) is 0.835. The van der Waals surface area contributed by atoms with Crippen LogP contribution in [0, 0.1) is 28.1 Å². The van der Waals surface area contributed by atoms with Crippen molar-refractivity contribution in [2.75, 3.05) is 6.54 Å². The van der Waals surface area contributed by atoms with Crippen LogP contribution in [-0.4, -0.2) is 18.5 Å². The van der Waals surface area contributed by atoms with Gasteiger partial charge in [-0.1, -0.05) is 13.8 Å². The van der Waals surface area contributed by atoms with Crippen LogP contribution in [0.2, 0.25) is 0 Å². The van der Waals surface area contributed by atoms with Gasteiger partial charge in [0, 0.05) is 6.04 Å². The first-order chi connectivity index (χ1) is 10.8. The van der Waals surface area contributed by atoms with Crippen LogP contribution >= 0.6 is 0 Å². The molecule has 1 amide bonds. The van der Waals surface area contributed by atoms with Crippen molar-refractivity contribution in [3.05, 3.63) is 0 Å². The molecule has 0 aromatic carbocycles. The van der Waals surface area contributed by atoms with Crippen LogP contribution in [0.5, 0.6) is 0 Å². The lowest BCUT2D eigenvalue weighted by molar-refractivity contribution is -0.171. The van der Waals surface area contributed by atoms with Crippen LogP contribution in [0.1, 0.15) is 78.1 Å². The molecule has 3 nitrogen and oxygen atoms in total. The molecule has 3 N–H and O–H groups in total. The molecule has 5 aliphatic rings. The van der Waals surface area contributed by atoms with Crippen molar-refractivity contribution in [2.24, 2.45) is 33.8 Å². The highest BCUT2D eigenvalue weighted by Gasteiger charge is 2.62. The number of hydrogen-bond acceptors (Lipinski definition) is 2. The van der Waals surface area contributed by atoms with E-state index < -0.39 is 0 Å². The van der Waals surface area contributed by atoms with E-state index in [0.717, 1.165) is 44.6 Å². The number of nitrogens with one attached hydrogen (secondary N) is 1. The van der Waals surface area contributed by atoms with Gasteiger partial charge in [-0.15, -0.1) is 0 Å². The second-order valence-electron chi connectivity index (χ2n) is 10.3. The van der Waals surface area contributed by atoms with Crippen molar-refractivity contribution in [3.8, 4) is 0 Å². The van der Waals surface area contributed by atoms with E-state index in [0.29, 0.717) is 28.7 Å². The Hall–Kier alpha value is -0.570. The van der Waals surface area contributed by atoms with Crippen molar-refractivity contribution in [1.82, 2.24) is 5.32 Å². The second kappa shape index (κ2) is 5.21. The first kappa shape index (κ1) is 15.9. The molecule has 2 unspecified atom stereocenters. The molecule has 5 rings (SSSR count). The Bertz CT molecular complexity index is 476. The fourth-order valence-corrected chi connectivity index (χ4v) is 7.58. The number of nitrogens with two attached hydrogens (primary N) is 1. The molecule has 0 heterocycles. The molecular weight excluding hydrogens is 284 g/mol. The molecule has 0 spiro atoms. The minimum absolute atomic E-state index is 0.0480. The van der Waals surface area contributed by atoms with Gasteiger partial charge in [0.05, 0.1) is 5.41 Å². The average Bonchev–Trinajstić information content (AvgIpc) is 2.44. The summed E-state index contributed by atoms with van der Waals surface area (Å²) >= 11 is 0. The van der Waals surface area contributed by atoms with Crippen LogP contribution in [0.4, 0.5) is 0 Å². The number of carbonyl (C=O) groups is 1. The number of hydrogen-bond donors (Lipinski definition) is 2. The molecule has 5 aliphatic carbocycles. The van der Waals surface area contributed by atoms with Gasteiger partial charge >= 0.3 is 0 Å². The van der Waals surface area contributed by atoms with Crippen LogP contribution < -0.4 is 11.1 Å². The zero-order valence-corrected chi connectivity index (χ0v) is 15.0. The van der Waals surface area contributed by atoms with Gasteiger partial charge < -0.3 is 11.1 Å². The molecule has 3 heteroatoms. The van der Waals surface area contributed by atoms with Gasteiger partial charge in [-0.3, -0.25) is 4.79 Å². The maximum absolute atomic E-state index is 13.3. The molecule has 5 fully saturated rings. The summed E-state index contributed by atoms with van der Waals surface area (Å²) in [5, 5.41) is 3.48. The van der Waals surface area contributed by atoms with Crippen LogP contribution in [0.3, 0.4) is 0 Å². The Kier molecular flexibility index (Phi) is 3.61. The van der Waals surface area contributed by atoms with Crippen LogP contribution in [-0.2, 0) is 4.79 Å². The lowest BCUT2D eigenvalue weighted by Crippen LogP contribution is -2.60. The zero-order chi connectivity index (χ0) is 16.3. The highest BCUT2D eigenvalue weighted by Crippen LogP contribution is 2.69. The predicted octanol–water partition coefficient (Wildman–Crippen LogP) is 3.62. The molecule has 0 saturated heterocycles. The monoisotopic (exact) mass is 318 g/mol. The Balaban J connectivity index is 1.46. The lowest BCUT2D eigenvalue weighted by atomic mass is 9.40. The van der Waals surface area contributed by atoms with Crippen molar-refractivity contribution >= 4 is 5.91 Å². The van der Waals surface area contributed by atoms with Crippen molar-refractivity contribution in [2.45, 2.75) is 84.1 Å². The van der Waals surface area contributed by atoms with Gasteiger partial charge in [0.25, 0.3) is 0 Å². The Labute approximate surface area is 141 Å². The van der Waals surface area contributed by atoms with Crippen LogP contribution in [0.25, 0.3) is 0 Å². The molecular formula is C20H34N2O. The van der Waals surface area contributed by atoms with E-state index in [1.165, 1.54) is 32.1 Å². The maximum atomic E-state index is 13.3. The first-order valence-corrected chi connectivity index (χ1v) is 9.85. The topological polar surface area (TPSA) is 55.1 Å². The third-order valence-electron chi connectivity index (χ3n) is 7.62. The molecule has 0 aromatic heterocycles. The van der Waals surface area contributed by atoms with Gasteiger partial charge in [-0.2, -0.15) is 0 Å². The molecule has 0 aromatic rings. The molecule has 130 valence electrons. The normalized spacial score (nSPS) is 51.7. The summed E-state index contributed by atoms with van der Waals surface area (Å²) < 4.78 is 0. The van der Waals surface area contributed by atoms with E-state index in [1.807, 2.05) is 0 Å². The summed E-state index contributed by atoms with van der Waals surface area (Å²) in [5.74, 6) is 1.87. The molecule has 5 saturated carbocycles. The molecule has 0 radical (unpaired) electrons. The summed E-state index contributed by atoms with van der Waals surface area (Å²) in [4.78, 5) is 13.3. The Morgan fingerprint density at radius 2 is 1.61 bits per heavy atom. The van der Waals surface area contributed by atoms with E-state index in [4.69, 9.17) is 5.73 Å². The predicted molar refractivity (Wildman–Crippen MR) is 92.8 cm³/mol. The Morgan fingerprint density at radius 1 is 1.00 bits per heavy atom. The minimum Gasteiger partial charge on any atom is -0.353 e. The van der Waals surface area contributed by atoms with E-state index in [9.17, 15) is 4.79 Å². The van der Waals surface area contributed by atoms with Gasteiger partial charge in [-0.05, 0) is 93.4 Å². The summed E-state index contributed by atoms with van der Waals surface area (Å²) in [6.45, 7) is 5.71. The van der Waals surface area contributed by atoms with Gasteiger partial charge in [0.15, 0.2) is 0 Å². The molecule has 4 bridgehead atoms. The van der Waals surface area contributed by atoms with E-state index >= 15 is 0 Å². The second-order valence-corrected chi connectivity index (χ2v) is 10.3. The number of amides is 1. The average molecular weight is 319 g/mol. The highest BCUT2D eigenvalue weighted by molar-refractivity contribution is 5.83. The molecule has 4 atom stereocenters. The summed E-state index contributed by atoms with van der Waals surface area (Å²) in [6, 6.07) is 0.402. The first-order valence-electron chi connectivity index (χ1n) is 9.85. The van der Waals surface area contributed by atoms with E-state index in [2.05, 4.69) is 19.2 Å². The van der Waals surface area contributed by atoms with E-state index in [1.54, 1.807) is 0 Å². The zero-order valence-electron chi connectivity index (χ0n) is 15.0. The standard InChI is InChI=1S/C20H34N2O/c1-18-7-15-8-19(2,11-18)13-20(9-15,12-18)17(23)22-16-5-3-14(10-21)4-6-16/h14-16H,3-13,21H2,1-2H3,(H,22,23)/t14-,15?,16-,18-,19+,20?. The summed E-state index contributed by atoms with van der Waals surface area (Å²) in [7, 11) is 0. The minimum atomic E-state index is -0.0480. The van der Waals surface area contributed by atoms with Gasteiger partial charge in [0.1, 0.15) is 0 Å². The maximum Gasteiger partial charge on any atom is 0.226 e. The fourth-order valence-electron chi connectivity index (χ4n) is 7.58. The van der Waals surface area contributed by atoms with Gasteiger partial charge in [0.2, 0.25) is 5.91 Å². The van der Waals surface area contributed by atoms with Crippen molar-refractivity contribution < 1.29 is 4.79 Å². The third-order valence-corrected chi connectivity index (χ3v) is 7.62.